The number of fused-ring (bicyclic) bond motifs is 1. The van der Waals surface area contributed by atoms with Crippen molar-refractivity contribution in [2.45, 2.75) is 19.3 Å². The van der Waals surface area contributed by atoms with E-state index in [0.717, 1.165) is 16.5 Å². The summed E-state index contributed by atoms with van der Waals surface area (Å²) in [5, 5.41) is 19.1. The quantitative estimate of drug-likeness (QED) is 0.721. The van der Waals surface area contributed by atoms with Gasteiger partial charge in [-0.1, -0.05) is 25.1 Å². The number of rotatable bonds is 5. The molecule has 0 amide bonds. The molecule has 1 aromatic carbocycles. The van der Waals surface area contributed by atoms with Gasteiger partial charge in [-0.3, -0.25) is 9.59 Å². The first-order valence-corrected chi connectivity index (χ1v) is 6.07. The van der Waals surface area contributed by atoms with Gasteiger partial charge < -0.3 is 15.2 Å². The lowest BCUT2D eigenvalue weighted by Crippen LogP contribution is -2.29. The van der Waals surface area contributed by atoms with Crippen molar-refractivity contribution in [3.8, 4) is 0 Å². The number of carboxylic acid groups (broad SMARTS) is 2. The van der Waals surface area contributed by atoms with Crippen molar-refractivity contribution >= 4 is 22.8 Å². The number of hydrogen-bond acceptors (Lipinski definition) is 2. The number of hydrogen-bond donors (Lipinski definition) is 3. The standard InChI is InChI=1S/C14H15NO4/c1-2-8(12(13(16)17)14(18)19)10-7-15-11-6-4-3-5-9(10)11/h3-8,12,15H,2H2,1H3,(H,16,17)(H,18,19). The Morgan fingerprint density at radius 3 is 2.42 bits per heavy atom. The number of aliphatic carboxylic acids is 2. The minimum absolute atomic E-state index is 0.450. The highest BCUT2D eigenvalue weighted by molar-refractivity contribution is 5.95. The molecule has 2 rings (SSSR count). The first-order chi connectivity index (χ1) is 9.06. The number of aromatic amines is 1. The largest absolute Gasteiger partial charge is 0.481 e. The maximum absolute atomic E-state index is 11.2. The minimum Gasteiger partial charge on any atom is -0.481 e. The minimum atomic E-state index is -1.43. The van der Waals surface area contributed by atoms with Crippen LogP contribution in [-0.4, -0.2) is 27.1 Å². The van der Waals surface area contributed by atoms with Crippen molar-refractivity contribution in [2.24, 2.45) is 5.92 Å². The van der Waals surface area contributed by atoms with Gasteiger partial charge in [-0.25, -0.2) is 0 Å². The van der Waals surface area contributed by atoms with Crippen LogP contribution in [-0.2, 0) is 9.59 Å². The van der Waals surface area contributed by atoms with Crippen LogP contribution in [0.25, 0.3) is 10.9 Å². The second kappa shape index (κ2) is 5.14. The molecule has 1 heterocycles. The molecule has 0 saturated carbocycles. The van der Waals surface area contributed by atoms with E-state index in [9.17, 15) is 9.59 Å². The number of para-hydroxylation sites is 1. The number of carbonyl (C=O) groups is 2. The van der Waals surface area contributed by atoms with E-state index in [-0.39, 0.29) is 0 Å². The van der Waals surface area contributed by atoms with Crippen molar-refractivity contribution in [3.05, 3.63) is 36.0 Å². The van der Waals surface area contributed by atoms with Crippen molar-refractivity contribution in [1.82, 2.24) is 4.98 Å². The first kappa shape index (κ1) is 13.1. The Balaban J connectivity index is 2.52. The number of nitrogens with one attached hydrogen (secondary N) is 1. The second-order valence-corrected chi connectivity index (χ2v) is 4.46. The summed E-state index contributed by atoms with van der Waals surface area (Å²) in [6.07, 6.45) is 2.16. The maximum Gasteiger partial charge on any atom is 0.318 e. The molecule has 0 aliphatic carbocycles. The summed E-state index contributed by atoms with van der Waals surface area (Å²) in [7, 11) is 0. The lowest BCUT2D eigenvalue weighted by molar-refractivity contribution is -0.155. The van der Waals surface area contributed by atoms with Gasteiger partial charge in [0.2, 0.25) is 0 Å². The smallest absolute Gasteiger partial charge is 0.318 e. The Kier molecular flexibility index (Phi) is 3.55. The van der Waals surface area contributed by atoms with E-state index in [1.807, 2.05) is 24.3 Å². The van der Waals surface area contributed by atoms with Crippen LogP contribution in [0, 0.1) is 5.92 Å². The third-order valence-electron chi connectivity index (χ3n) is 3.40. The molecule has 0 radical (unpaired) electrons. The molecule has 5 nitrogen and oxygen atoms in total. The summed E-state index contributed by atoms with van der Waals surface area (Å²) in [4.78, 5) is 25.4. The molecule has 0 aliphatic heterocycles. The normalized spacial score (nSPS) is 12.7. The van der Waals surface area contributed by atoms with Crippen LogP contribution in [0.2, 0.25) is 0 Å². The Morgan fingerprint density at radius 2 is 1.84 bits per heavy atom. The molecule has 0 spiro atoms. The maximum atomic E-state index is 11.2. The van der Waals surface area contributed by atoms with Crippen LogP contribution in [0.1, 0.15) is 24.8 Å². The van der Waals surface area contributed by atoms with Gasteiger partial charge in [-0.05, 0) is 18.1 Å². The molecule has 1 unspecified atom stereocenters. The van der Waals surface area contributed by atoms with Crippen LogP contribution in [0.4, 0.5) is 0 Å². The van der Waals surface area contributed by atoms with E-state index >= 15 is 0 Å². The molecule has 5 heteroatoms. The van der Waals surface area contributed by atoms with Gasteiger partial charge in [0.05, 0.1) is 0 Å². The van der Waals surface area contributed by atoms with Crippen molar-refractivity contribution in [3.63, 3.8) is 0 Å². The van der Waals surface area contributed by atoms with E-state index in [0.29, 0.717) is 6.42 Å². The van der Waals surface area contributed by atoms with Crippen LogP contribution in [0.15, 0.2) is 30.5 Å². The summed E-state index contributed by atoms with van der Waals surface area (Å²) in [6, 6.07) is 7.46. The van der Waals surface area contributed by atoms with Crippen molar-refractivity contribution < 1.29 is 19.8 Å². The fourth-order valence-corrected chi connectivity index (χ4v) is 2.49. The lowest BCUT2D eigenvalue weighted by atomic mass is 9.84. The fraction of sp³-hybridized carbons (Fsp3) is 0.286. The SMILES string of the molecule is CCC(c1c[nH]c2ccccc12)C(C(=O)O)C(=O)O. The van der Waals surface area contributed by atoms with Crippen LogP contribution < -0.4 is 0 Å². The van der Waals surface area contributed by atoms with E-state index in [1.165, 1.54) is 0 Å². The van der Waals surface area contributed by atoms with Crippen LogP contribution >= 0.6 is 0 Å². The molecule has 0 fully saturated rings. The summed E-state index contributed by atoms with van der Waals surface area (Å²) in [5.74, 6) is -4.58. The monoisotopic (exact) mass is 261 g/mol. The second-order valence-electron chi connectivity index (χ2n) is 4.46. The van der Waals surface area contributed by atoms with Gasteiger partial charge in [0.1, 0.15) is 0 Å². The number of benzene rings is 1. The van der Waals surface area contributed by atoms with Crippen LogP contribution in [0.3, 0.4) is 0 Å². The summed E-state index contributed by atoms with van der Waals surface area (Å²) in [6.45, 7) is 1.80. The topological polar surface area (TPSA) is 90.4 Å². The molecule has 3 N–H and O–H groups in total. The Hall–Kier alpha value is -2.30. The van der Waals surface area contributed by atoms with Crippen LogP contribution in [0.5, 0.6) is 0 Å². The van der Waals surface area contributed by atoms with E-state index < -0.39 is 23.8 Å². The zero-order valence-electron chi connectivity index (χ0n) is 10.5. The Morgan fingerprint density at radius 1 is 1.21 bits per heavy atom. The molecule has 1 aromatic heterocycles. The van der Waals surface area contributed by atoms with Gasteiger partial charge in [0.25, 0.3) is 0 Å². The zero-order valence-corrected chi connectivity index (χ0v) is 10.5. The average Bonchev–Trinajstić information content (AvgIpc) is 2.78. The summed E-state index contributed by atoms with van der Waals surface area (Å²) in [5.41, 5.74) is 1.62. The molecule has 19 heavy (non-hydrogen) atoms. The van der Waals surface area contributed by atoms with Gasteiger partial charge in [0.15, 0.2) is 5.92 Å². The highest BCUT2D eigenvalue weighted by atomic mass is 16.4. The summed E-state index contributed by atoms with van der Waals surface area (Å²) < 4.78 is 0. The molecule has 2 aromatic rings. The van der Waals surface area contributed by atoms with Gasteiger partial charge in [-0.15, -0.1) is 0 Å². The Bertz CT molecular complexity index is 603. The molecule has 0 bridgehead atoms. The predicted octanol–water partition coefficient (Wildman–Crippen LogP) is 2.45. The van der Waals surface area contributed by atoms with E-state index in [1.54, 1.807) is 13.1 Å². The highest BCUT2D eigenvalue weighted by Crippen LogP contribution is 2.33. The lowest BCUT2D eigenvalue weighted by Gasteiger charge is -2.18. The number of aromatic nitrogens is 1. The third-order valence-corrected chi connectivity index (χ3v) is 3.40. The predicted molar refractivity (Wildman–Crippen MR) is 70.1 cm³/mol. The fourth-order valence-electron chi connectivity index (χ4n) is 2.49. The Labute approximate surface area is 109 Å². The summed E-state index contributed by atoms with van der Waals surface area (Å²) >= 11 is 0. The molecular weight excluding hydrogens is 246 g/mol. The highest BCUT2D eigenvalue weighted by Gasteiger charge is 2.35. The number of H-pyrrole nitrogens is 1. The van der Waals surface area contributed by atoms with Gasteiger partial charge >= 0.3 is 11.9 Å². The van der Waals surface area contributed by atoms with Gasteiger partial charge in [0, 0.05) is 23.0 Å². The molecule has 0 saturated heterocycles. The zero-order chi connectivity index (χ0) is 14.0. The van der Waals surface area contributed by atoms with E-state index in [2.05, 4.69) is 4.98 Å². The molecule has 0 aliphatic rings. The molecular formula is C14H15NO4. The molecule has 1 atom stereocenters. The third kappa shape index (κ3) is 2.31. The van der Waals surface area contributed by atoms with Crippen molar-refractivity contribution in [2.75, 3.05) is 0 Å². The first-order valence-electron chi connectivity index (χ1n) is 6.07. The van der Waals surface area contributed by atoms with Crippen molar-refractivity contribution in [1.29, 1.82) is 0 Å². The molecule has 100 valence electrons. The van der Waals surface area contributed by atoms with Gasteiger partial charge in [-0.2, -0.15) is 0 Å². The number of carboxylic acids is 2. The average molecular weight is 261 g/mol. The van der Waals surface area contributed by atoms with E-state index in [4.69, 9.17) is 10.2 Å².